The van der Waals surface area contributed by atoms with E-state index in [4.69, 9.17) is 0 Å². The lowest BCUT2D eigenvalue weighted by atomic mass is 10.1. The number of imide groups is 1. The second kappa shape index (κ2) is 6.34. The summed E-state index contributed by atoms with van der Waals surface area (Å²) in [5, 5.41) is 1.99. The maximum atomic E-state index is 13.4. The Morgan fingerprint density at radius 2 is 2.18 bits per heavy atom. The van der Waals surface area contributed by atoms with E-state index in [9.17, 15) is 14.0 Å². The van der Waals surface area contributed by atoms with Crippen LogP contribution in [0, 0.1) is 5.82 Å². The number of ether oxygens (including phenoxy) is 1. The lowest BCUT2D eigenvalue weighted by Crippen LogP contribution is -2.32. The fraction of sp³-hybridized carbons (Fsp3) is 0.273. The summed E-state index contributed by atoms with van der Waals surface area (Å²) in [4.78, 5) is 22.3. The Morgan fingerprint density at radius 3 is 2.76 bits per heavy atom. The number of amides is 2. The van der Waals surface area contributed by atoms with E-state index in [0.717, 1.165) is 0 Å². The van der Waals surface area contributed by atoms with Gasteiger partial charge in [0.2, 0.25) is 5.91 Å². The van der Waals surface area contributed by atoms with Crippen LogP contribution in [-0.4, -0.2) is 18.6 Å². The first-order valence-corrected chi connectivity index (χ1v) is 5.72. The predicted octanol–water partition coefficient (Wildman–Crippen LogP) is 2.40. The normalized spacial score (nSPS) is 9.82. The zero-order chi connectivity index (χ0) is 12.8. The molecule has 17 heavy (non-hydrogen) atoms. The van der Waals surface area contributed by atoms with Gasteiger partial charge in [0.05, 0.1) is 13.0 Å². The van der Waals surface area contributed by atoms with E-state index in [1.54, 1.807) is 13.0 Å². The van der Waals surface area contributed by atoms with Crippen molar-refractivity contribution in [3.8, 4) is 0 Å². The van der Waals surface area contributed by atoms with Crippen molar-refractivity contribution in [3.63, 3.8) is 0 Å². The molecule has 2 amide bonds. The van der Waals surface area contributed by atoms with E-state index in [1.165, 1.54) is 12.1 Å². The van der Waals surface area contributed by atoms with Crippen molar-refractivity contribution >= 4 is 27.9 Å². The highest BCUT2D eigenvalue weighted by molar-refractivity contribution is 9.10. The van der Waals surface area contributed by atoms with Crippen LogP contribution in [0.25, 0.3) is 0 Å². The molecule has 1 rings (SSSR count). The molecule has 0 aliphatic carbocycles. The average Bonchev–Trinajstić information content (AvgIpc) is 2.22. The van der Waals surface area contributed by atoms with Crippen LogP contribution in [0.1, 0.15) is 12.5 Å². The molecule has 1 N–H and O–H groups in total. The average molecular weight is 304 g/mol. The maximum Gasteiger partial charge on any atom is 0.413 e. The van der Waals surface area contributed by atoms with Gasteiger partial charge >= 0.3 is 6.09 Å². The van der Waals surface area contributed by atoms with Crippen molar-refractivity contribution in [1.82, 2.24) is 5.32 Å². The number of hydrogen-bond donors (Lipinski definition) is 1. The Bertz CT molecular complexity index is 437. The first-order chi connectivity index (χ1) is 8.02. The second-order valence-electron chi connectivity index (χ2n) is 3.18. The van der Waals surface area contributed by atoms with Gasteiger partial charge in [-0.2, -0.15) is 0 Å². The van der Waals surface area contributed by atoms with Crippen LogP contribution in [0.2, 0.25) is 0 Å². The molecule has 0 fully saturated rings. The van der Waals surface area contributed by atoms with Gasteiger partial charge in [0.25, 0.3) is 0 Å². The highest BCUT2D eigenvalue weighted by Crippen LogP contribution is 2.15. The zero-order valence-corrected chi connectivity index (χ0v) is 10.7. The molecule has 6 heteroatoms. The van der Waals surface area contributed by atoms with Gasteiger partial charge in [-0.15, -0.1) is 0 Å². The Labute approximate surface area is 106 Å². The molecule has 1 aromatic carbocycles. The standard InChI is InChI=1S/C11H11BrFNO3/c1-2-17-11(16)14-10(15)5-7-3-4-8(12)6-9(7)13/h3-4,6H,2,5H2,1H3,(H,14,15,16). The highest BCUT2D eigenvalue weighted by atomic mass is 79.9. The highest BCUT2D eigenvalue weighted by Gasteiger charge is 2.11. The topological polar surface area (TPSA) is 55.4 Å². The molecular weight excluding hydrogens is 293 g/mol. The van der Waals surface area contributed by atoms with Gasteiger partial charge in [-0.1, -0.05) is 22.0 Å². The summed E-state index contributed by atoms with van der Waals surface area (Å²) in [5.41, 5.74) is 0.218. The number of hydrogen-bond acceptors (Lipinski definition) is 3. The third-order valence-corrected chi connectivity index (χ3v) is 2.38. The van der Waals surface area contributed by atoms with Gasteiger partial charge in [0.1, 0.15) is 5.82 Å². The van der Waals surface area contributed by atoms with Crippen molar-refractivity contribution in [2.75, 3.05) is 6.61 Å². The van der Waals surface area contributed by atoms with E-state index >= 15 is 0 Å². The van der Waals surface area contributed by atoms with Crippen molar-refractivity contribution < 1.29 is 18.7 Å². The van der Waals surface area contributed by atoms with Gasteiger partial charge in [-0.25, -0.2) is 9.18 Å². The van der Waals surface area contributed by atoms with Crippen LogP contribution in [0.3, 0.4) is 0 Å². The molecule has 0 aliphatic rings. The van der Waals surface area contributed by atoms with E-state index in [1.807, 2.05) is 5.32 Å². The molecule has 0 unspecified atom stereocenters. The van der Waals surface area contributed by atoms with Gasteiger partial charge in [0.15, 0.2) is 0 Å². The van der Waals surface area contributed by atoms with Crippen LogP contribution < -0.4 is 5.32 Å². The Balaban J connectivity index is 2.59. The zero-order valence-electron chi connectivity index (χ0n) is 9.13. The number of benzene rings is 1. The van der Waals surface area contributed by atoms with E-state index in [2.05, 4.69) is 20.7 Å². The molecule has 4 nitrogen and oxygen atoms in total. The summed E-state index contributed by atoms with van der Waals surface area (Å²) < 4.78 is 18.5. The van der Waals surface area contributed by atoms with Crippen molar-refractivity contribution in [2.24, 2.45) is 0 Å². The molecule has 0 aliphatic heterocycles. The molecule has 0 aromatic heterocycles. The monoisotopic (exact) mass is 303 g/mol. The predicted molar refractivity (Wildman–Crippen MR) is 63.0 cm³/mol. The molecule has 0 saturated heterocycles. The molecule has 92 valence electrons. The van der Waals surface area contributed by atoms with Crippen molar-refractivity contribution in [2.45, 2.75) is 13.3 Å². The molecule has 0 saturated carbocycles. The van der Waals surface area contributed by atoms with E-state index in [0.29, 0.717) is 4.47 Å². The minimum atomic E-state index is -0.824. The Kier molecular flexibility index (Phi) is 5.09. The minimum absolute atomic E-state index is 0.172. The van der Waals surface area contributed by atoms with E-state index < -0.39 is 17.8 Å². The SMILES string of the molecule is CCOC(=O)NC(=O)Cc1ccc(Br)cc1F. The smallest absolute Gasteiger partial charge is 0.413 e. The van der Waals surface area contributed by atoms with Crippen molar-refractivity contribution in [3.05, 3.63) is 34.1 Å². The van der Waals surface area contributed by atoms with Crippen molar-refractivity contribution in [1.29, 1.82) is 0 Å². The fourth-order valence-electron chi connectivity index (χ4n) is 1.16. The molecular formula is C11H11BrFNO3. The number of rotatable bonds is 3. The number of carbonyl (C=O) groups excluding carboxylic acids is 2. The second-order valence-corrected chi connectivity index (χ2v) is 4.10. The fourth-order valence-corrected chi connectivity index (χ4v) is 1.50. The van der Waals surface area contributed by atoms with Crippen LogP contribution in [0.4, 0.5) is 9.18 Å². The summed E-state index contributed by atoms with van der Waals surface area (Å²) in [5.74, 6) is -1.11. The quantitative estimate of drug-likeness (QED) is 0.933. The molecule has 0 bridgehead atoms. The summed E-state index contributed by atoms with van der Waals surface area (Å²) >= 11 is 3.11. The first-order valence-electron chi connectivity index (χ1n) is 4.93. The number of nitrogens with one attached hydrogen (secondary N) is 1. The van der Waals surface area contributed by atoms with Gasteiger partial charge in [-0.05, 0) is 24.6 Å². The third kappa shape index (κ3) is 4.52. The number of halogens is 2. The van der Waals surface area contributed by atoms with Crippen LogP contribution in [-0.2, 0) is 16.0 Å². The Morgan fingerprint density at radius 1 is 1.47 bits per heavy atom. The van der Waals surface area contributed by atoms with Crippen LogP contribution >= 0.6 is 15.9 Å². The van der Waals surface area contributed by atoms with Gasteiger partial charge in [-0.3, -0.25) is 10.1 Å². The summed E-state index contributed by atoms with van der Waals surface area (Å²) in [6.07, 6.45) is -1.03. The summed E-state index contributed by atoms with van der Waals surface area (Å²) in [7, 11) is 0. The van der Waals surface area contributed by atoms with Crippen LogP contribution in [0.15, 0.2) is 22.7 Å². The lowest BCUT2D eigenvalue weighted by Gasteiger charge is -2.05. The molecule has 0 radical (unpaired) electrons. The molecule has 0 spiro atoms. The molecule has 0 heterocycles. The minimum Gasteiger partial charge on any atom is -0.450 e. The van der Waals surface area contributed by atoms with Gasteiger partial charge < -0.3 is 4.74 Å². The largest absolute Gasteiger partial charge is 0.450 e. The van der Waals surface area contributed by atoms with Crippen LogP contribution in [0.5, 0.6) is 0 Å². The number of alkyl carbamates (subject to hydrolysis) is 1. The first kappa shape index (κ1) is 13.6. The van der Waals surface area contributed by atoms with Gasteiger partial charge in [0, 0.05) is 4.47 Å². The lowest BCUT2D eigenvalue weighted by molar-refractivity contribution is -0.119. The maximum absolute atomic E-state index is 13.4. The molecule has 0 atom stereocenters. The third-order valence-electron chi connectivity index (χ3n) is 1.88. The molecule has 1 aromatic rings. The summed E-state index contributed by atoms with van der Waals surface area (Å²) in [6.45, 7) is 1.80. The summed E-state index contributed by atoms with van der Waals surface area (Å²) in [6, 6.07) is 4.35. The Hall–Kier alpha value is -1.43. The number of carbonyl (C=O) groups is 2. The van der Waals surface area contributed by atoms with E-state index in [-0.39, 0.29) is 18.6 Å².